The van der Waals surface area contributed by atoms with Crippen molar-refractivity contribution in [1.29, 1.82) is 0 Å². The lowest BCUT2D eigenvalue weighted by molar-refractivity contribution is -0.383. The van der Waals surface area contributed by atoms with Crippen LogP contribution in [0.15, 0.2) is 24.4 Å². The Morgan fingerprint density at radius 3 is 2.95 bits per heavy atom. The summed E-state index contributed by atoms with van der Waals surface area (Å²) >= 11 is 7.44. The van der Waals surface area contributed by atoms with Gasteiger partial charge < -0.3 is 5.32 Å². The Morgan fingerprint density at radius 2 is 2.30 bits per heavy atom. The minimum absolute atomic E-state index is 0.00844. The highest BCUT2D eigenvalue weighted by Gasteiger charge is 2.13. The Balaban J connectivity index is 1.98. The first kappa shape index (κ1) is 14.7. The van der Waals surface area contributed by atoms with Crippen LogP contribution in [0.5, 0.6) is 0 Å². The van der Waals surface area contributed by atoms with E-state index in [1.165, 1.54) is 10.9 Å². The van der Waals surface area contributed by atoms with Crippen molar-refractivity contribution in [3.63, 3.8) is 0 Å². The molecular weight excluding hydrogens is 298 g/mol. The zero-order valence-corrected chi connectivity index (χ0v) is 12.5. The van der Waals surface area contributed by atoms with Crippen molar-refractivity contribution in [3.05, 3.63) is 49.4 Å². The molecule has 0 spiro atoms. The molecule has 0 aliphatic rings. The van der Waals surface area contributed by atoms with Gasteiger partial charge in [0.2, 0.25) is 0 Å². The van der Waals surface area contributed by atoms with E-state index in [-0.39, 0.29) is 5.69 Å². The van der Waals surface area contributed by atoms with Gasteiger partial charge in [-0.05, 0) is 18.6 Å². The standard InChI is InChI=1S/C13H14ClN3O2S/c1-2-10-8-16-13(20-10)5-6-15-11-4-3-9(14)7-12(11)17(18)19/h3-4,7-8,15H,2,5-6H2,1H3. The highest BCUT2D eigenvalue weighted by molar-refractivity contribution is 7.11. The predicted molar refractivity (Wildman–Crippen MR) is 81.8 cm³/mol. The molecule has 20 heavy (non-hydrogen) atoms. The van der Waals surface area contributed by atoms with Crippen LogP contribution in [0, 0.1) is 10.1 Å². The van der Waals surface area contributed by atoms with Gasteiger partial charge in [0, 0.05) is 35.1 Å². The van der Waals surface area contributed by atoms with E-state index < -0.39 is 4.92 Å². The summed E-state index contributed by atoms with van der Waals surface area (Å²) in [5.74, 6) is 0. The van der Waals surface area contributed by atoms with Gasteiger partial charge in [0.1, 0.15) is 5.69 Å². The number of anilines is 1. The first-order chi connectivity index (χ1) is 9.60. The summed E-state index contributed by atoms with van der Waals surface area (Å²) in [6.07, 6.45) is 3.60. The summed E-state index contributed by atoms with van der Waals surface area (Å²) in [6.45, 7) is 2.69. The molecule has 106 valence electrons. The molecule has 2 aromatic rings. The fourth-order valence-corrected chi connectivity index (χ4v) is 2.76. The zero-order chi connectivity index (χ0) is 14.5. The summed E-state index contributed by atoms with van der Waals surface area (Å²) in [4.78, 5) is 16.1. The van der Waals surface area contributed by atoms with Gasteiger partial charge in [0.25, 0.3) is 5.69 Å². The molecule has 2 rings (SSSR count). The van der Waals surface area contributed by atoms with Gasteiger partial charge in [-0.3, -0.25) is 10.1 Å². The number of nitrogens with zero attached hydrogens (tertiary/aromatic N) is 2. The first-order valence-electron chi connectivity index (χ1n) is 6.21. The van der Waals surface area contributed by atoms with Crippen molar-refractivity contribution in [2.45, 2.75) is 19.8 Å². The summed E-state index contributed by atoms with van der Waals surface area (Å²) < 4.78 is 0. The third-order valence-corrected chi connectivity index (χ3v) is 4.20. The van der Waals surface area contributed by atoms with Crippen LogP contribution in [-0.2, 0) is 12.8 Å². The Hall–Kier alpha value is -1.66. The van der Waals surface area contributed by atoms with Crippen LogP contribution in [0.4, 0.5) is 11.4 Å². The van der Waals surface area contributed by atoms with Crippen LogP contribution in [0.3, 0.4) is 0 Å². The number of benzene rings is 1. The van der Waals surface area contributed by atoms with Gasteiger partial charge in [0.15, 0.2) is 0 Å². The second-order valence-corrected chi connectivity index (χ2v) is 5.81. The lowest BCUT2D eigenvalue weighted by atomic mass is 10.2. The van der Waals surface area contributed by atoms with E-state index in [4.69, 9.17) is 11.6 Å². The Bertz CT molecular complexity index is 615. The molecule has 0 bridgehead atoms. The number of nitro groups is 1. The summed E-state index contributed by atoms with van der Waals surface area (Å²) in [5, 5.41) is 15.4. The maximum atomic E-state index is 10.9. The molecule has 0 aliphatic heterocycles. The second kappa shape index (κ2) is 6.67. The van der Waals surface area contributed by atoms with E-state index in [1.807, 2.05) is 6.20 Å². The number of aromatic nitrogens is 1. The van der Waals surface area contributed by atoms with Crippen molar-refractivity contribution >= 4 is 34.3 Å². The molecule has 0 atom stereocenters. The van der Waals surface area contributed by atoms with E-state index in [1.54, 1.807) is 23.5 Å². The number of rotatable bonds is 6. The van der Waals surface area contributed by atoms with Crippen molar-refractivity contribution in [1.82, 2.24) is 4.98 Å². The molecule has 1 N–H and O–H groups in total. The highest BCUT2D eigenvalue weighted by Crippen LogP contribution is 2.27. The summed E-state index contributed by atoms with van der Waals surface area (Å²) in [6, 6.07) is 4.61. The Morgan fingerprint density at radius 1 is 1.50 bits per heavy atom. The molecule has 0 amide bonds. The zero-order valence-electron chi connectivity index (χ0n) is 10.9. The molecule has 0 fully saturated rings. The van der Waals surface area contributed by atoms with Crippen LogP contribution >= 0.6 is 22.9 Å². The topological polar surface area (TPSA) is 68.1 Å². The van der Waals surface area contributed by atoms with Crippen molar-refractivity contribution in [3.8, 4) is 0 Å². The van der Waals surface area contributed by atoms with Gasteiger partial charge in [-0.15, -0.1) is 11.3 Å². The molecule has 0 unspecified atom stereocenters. The Labute approximate surface area is 125 Å². The molecule has 0 radical (unpaired) electrons. The largest absolute Gasteiger partial charge is 0.379 e. The maximum Gasteiger partial charge on any atom is 0.293 e. The van der Waals surface area contributed by atoms with Crippen molar-refractivity contribution in [2.24, 2.45) is 0 Å². The molecule has 1 aromatic carbocycles. The minimum atomic E-state index is -0.438. The molecule has 0 saturated heterocycles. The molecule has 1 aromatic heterocycles. The number of halogens is 1. The SMILES string of the molecule is CCc1cnc(CCNc2ccc(Cl)cc2[N+](=O)[O-])s1. The Kier molecular flexibility index (Phi) is 4.92. The van der Waals surface area contributed by atoms with Gasteiger partial charge in [0.05, 0.1) is 9.93 Å². The van der Waals surface area contributed by atoms with Crippen LogP contribution in [0.2, 0.25) is 5.02 Å². The molecule has 0 aliphatic carbocycles. The van der Waals surface area contributed by atoms with Gasteiger partial charge in [-0.25, -0.2) is 4.98 Å². The summed E-state index contributed by atoms with van der Waals surface area (Å²) in [5.41, 5.74) is 0.470. The molecular formula is C13H14ClN3O2S. The second-order valence-electron chi connectivity index (χ2n) is 4.17. The highest BCUT2D eigenvalue weighted by atomic mass is 35.5. The van der Waals surface area contributed by atoms with E-state index in [0.29, 0.717) is 17.3 Å². The predicted octanol–water partition coefficient (Wildman–Crippen LogP) is 3.92. The average molecular weight is 312 g/mol. The fraction of sp³-hybridized carbons (Fsp3) is 0.308. The van der Waals surface area contributed by atoms with Crippen LogP contribution in [-0.4, -0.2) is 16.5 Å². The minimum Gasteiger partial charge on any atom is -0.379 e. The van der Waals surface area contributed by atoms with Crippen LogP contribution in [0.25, 0.3) is 0 Å². The molecule has 7 heteroatoms. The van der Waals surface area contributed by atoms with Crippen molar-refractivity contribution in [2.75, 3.05) is 11.9 Å². The molecule has 5 nitrogen and oxygen atoms in total. The van der Waals surface area contributed by atoms with Gasteiger partial charge in [-0.1, -0.05) is 18.5 Å². The first-order valence-corrected chi connectivity index (χ1v) is 7.41. The number of nitro benzene ring substituents is 1. The van der Waals surface area contributed by atoms with E-state index in [0.717, 1.165) is 17.8 Å². The normalized spacial score (nSPS) is 10.5. The quantitative estimate of drug-likeness (QED) is 0.648. The summed E-state index contributed by atoms with van der Waals surface area (Å²) in [7, 11) is 0. The average Bonchev–Trinajstić information content (AvgIpc) is 2.88. The van der Waals surface area contributed by atoms with Gasteiger partial charge in [-0.2, -0.15) is 0 Å². The molecule has 1 heterocycles. The smallest absolute Gasteiger partial charge is 0.293 e. The molecule has 0 saturated carbocycles. The monoisotopic (exact) mass is 311 g/mol. The number of thiazole rings is 1. The number of nitrogens with one attached hydrogen (secondary N) is 1. The number of hydrogen-bond acceptors (Lipinski definition) is 5. The fourth-order valence-electron chi connectivity index (χ4n) is 1.74. The number of hydrogen-bond donors (Lipinski definition) is 1. The van der Waals surface area contributed by atoms with Crippen LogP contribution in [0.1, 0.15) is 16.8 Å². The van der Waals surface area contributed by atoms with Crippen molar-refractivity contribution < 1.29 is 4.92 Å². The third-order valence-electron chi connectivity index (χ3n) is 2.76. The van der Waals surface area contributed by atoms with E-state index >= 15 is 0 Å². The van der Waals surface area contributed by atoms with E-state index in [2.05, 4.69) is 17.2 Å². The lowest BCUT2D eigenvalue weighted by Crippen LogP contribution is -2.06. The van der Waals surface area contributed by atoms with E-state index in [9.17, 15) is 10.1 Å². The van der Waals surface area contributed by atoms with Crippen LogP contribution < -0.4 is 5.32 Å². The van der Waals surface area contributed by atoms with Gasteiger partial charge >= 0.3 is 0 Å². The maximum absolute atomic E-state index is 10.9. The number of aryl methyl sites for hydroxylation is 1. The lowest BCUT2D eigenvalue weighted by Gasteiger charge is -2.06. The third kappa shape index (κ3) is 3.68.